The Morgan fingerprint density at radius 2 is 2.00 bits per heavy atom. The van der Waals surface area contributed by atoms with Crippen LogP contribution in [0, 0.1) is 0 Å². The molecule has 1 aromatic rings. The predicted octanol–water partition coefficient (Wildman–Crippen LogP) is 2.26. The summed E-state index contributed by atoms with van der Waals surface area (Å²) in [6.07, 6.45) is 3.91. The Bertz CT molecular complexity index is 492. The molecule has 0 amide bonds. The number of nitrogens with one attached hydrogen (secondary N) is 1. The van der Waals surface area contributed by atoms with Crippen LogP contribution in [0.5, 0.6) is 11.5 Å². The largest absolute Gasteiger partial charge is 0.489 e. The third kappa shape index (κ3) is 2.10. The molecule has 1 saturated heterocycles. The van der Waals surface area contributed by atoms with Crippen molar-refractivity contribution in [3.8, 4) is 11.5 Å². The summed E-state index contributed by atoms with van der Waals surface area (Å²) < 4.78 is 11.6. The average Bonchev–Trinajstić information content (AvgIpc) is 2.73. The van der Waals surface area contributed by atoms with Crippen LogP contribution in [-0.4, -0.2) is 26.0 Å². The third-order valence-corrected chi connectivity index (χ3v) is 4.01. The van der Waals surface area contributed by atoms with Crippen LogP contribution in [0.1, 0.15) is 42.1 Å². The molecule has 1 N–H and O–H groups in total. The monoisotopic (exact) mass is 261 g/mol. The highest BCUT2D eigenvalue weighted by atomic mass is 16.5. The first-order valence-electron chi connectivity index (χ1n) is 6.88. The van der Waals surface area contributed by atoms with Crippen molar-refractivity contribution in [1.29, 1.82) is 0 Å². The first-order chi connectivity index (χ1) is 9.24. The van der Waals surface area contributed by atoms with Crippen molar-refractivity contribution >= 4 is 6.29 Å². The van der Waals surface area contributed by atoms with Gasteiger partial charge in [0, 0.05) is 17.5 Å². The molecule has 2 heterocycles. The maximum atomic E-state index is 11.2. The molecule has 0 bridgehead atoms. The number of aldehydes is 1. The molecule has 0 aromatic heterocycles. The second kappa shape index (κ2) is 4.85. The zero-order chi connectivity index (χ0) is 13.3. The SMILES string of the molecule is CC1(c2ccc(C=O)c3c2OCCCO3)CCCN1. The Morgan fingerprint density at radius 3 is 2.68 bits per heavy atom. The summed E-state index contributed by atoms with van der Waals surface area (Å²) in [6, 6.07) is 3.83. The number of hydrogen-bond acceptors (Lipinski definition) is 4. The van der Waals surface area contributed by atoms with Gasteiger partial charge in [-0.15, -0.1) is 0 Å². The van der Waals surface area contributed by atoms with E-state index in [4.69, 9.17) is 9.47 Å². The van der Waals surface area contributed by atoms with Crippen LogP contribution < -0.4 is 14.8 Å². The van der Waals surface area contributed by atoms with Crippen LogP contribution in [0.25, 0.3) is 0 Å². The lowest BCUT2D eigenvalue weighted by atomic mass is 9.88. The molecular weight excluding hydrogens is 242 g/mol. The van der Waals surface area contributed by atoms with Crippen LogP contribution in [0.15, 0.2) is 12.1 Å². The van der Waals surface area contributed by atoms with Gasteiger partial charge in [-0.1, -0.05) is 6.07 Å². The van der Waals surface area contributed by atoms with Gasteiger partial charge < -0.3 is 14.8 Å². The van der Waals surface area contributed by atoms with Crippen LogP contribution in [-0.2, 0) is 5.54 Å². The minimum Gasteiger partial charge on any atom is -0.489 e. The molecule has 0 saturated carbocycles. The van der Waals surface area contributed by atoms with E-state index in [0.717, 1.165) is 43.4 Å². The molecule has 102 valence electrons. The highest BCUT2D eigenvalue weighted by Crippen LogP contribution is 2.43. The summed E-state index contributed by atoms with van der Waals surface area (Å²) in [5, 5.41) is 3.53. The van der Waals surface area contributed by atoms with Crippen LogP contribution in [0.2, 0.25) is 0 Å². The van der Waals surface area contributed by atoms with E-state index < -0.39 is 0 Å². The standard InChI is InChI=1S/C15H19NO3/c1-15(6-2-7-16-15)12-5-4-11(10-17)13-14(12)19-9-3-8-18-13/h4-5,10,16H,2-3,6-9H2,1H3. The summed E-state index contributed by atoms with van der Waals surface area (Å²) in [5.41, 5.74) is 1.59. The highest BCUT2D eigenvalue weighted by Gasteiger charge is 2.35. The van der Waals surface area contributed by atoms with E-state index in [2.05, 4.69) is 12.2 Å². The maximum Gasteiger partial charge on any atom is 0.172 e. The van der Waals surface area contributed by atoms with E-state index in [0.29, 0.717) is 24.5 Å². The van der Waals surface area contributed by atoms with Crippen LogP contribution >= 0.6 is 0 Å². The molecule has 2 aliphatic heterocycles. The van der Waals surface area contributed by atoms with Crippen LogP contribution in [0.4, 0.5) is 0 Å². The average molecular weight is 261 g/mol. The number of ether oxygens (including phenoxy) is 2. The number of carbonyl (C=O) groups excluding carboxylic acids is 1. The molecule has 19 heavy (non-hydrogen) atoms. The van der Waals surface area contributed by atoms with E-state index in [9.17, 15) is 4.79 Å². The fraction of sp³-hybridized carbons (Fsp3) is 0.533. The smallest absolute Gasteiger partial charge is 0.172 e. The fourth-order valence-electron chi connectivity index (χ4n) is 2.93. The number of benzene rings is 1. The van der Waals surface area contributed by atoms with Gasteiger partial charge in [0.1, 0.15) is 0 Å². The zero-order valence-corrected chi connectivity index (χ0v) is 11.2. The molecule has 4 heteroatoms. The van der Waals surface area contributed by atoms with Crippen molar-refractivity contribution in [1.82, 2.24) is 5.32 Å². The number of carbonyl (C=O) groups is 1. The van der Waals surface area contributed by atoms with E-state index >= 15 is 0 Å². The molecule has 2 aliphatic rings. The second-order valence-electron chi connectivity index (χ2n) is 5.39. The van der Waals surface area contributed by atoms with Gasteiger partial charge in [-0.3, -0.25) is 4.79 Å². The first kappa shape index (κ1) is 12.5. The van der Waals surface area contributed by atoms with E-state index in [1.165, 1.54) is 0 Å². The predicted molar refractivity (Wildman–Crippen MR) is 72.0 cm³/mol. The fourth-order valence-corrected chi connectivity index (χ4v) is 2.93. The van der Waals surface area contributed by atoms with Gasteiger partial charge in [-0.2, -0.15) is 0 Å². The quantitative estimate of drug-likeness (QED) is 0.830. The van der Waals surface area contributed by atoms with Gasteiger partial charge >= 0.3 is 0 Å². The first-order valence-corrected chi connectivity index (χ1v) is 6.88. The molecule has 1 aromatic carbocycles. The summed E-state index contributed by atoms with van der Waals surface area (Å²) in [5.74, 6) is 1.36. The lowest BCUT2D eigenvalue weighted by Crippen LogP contribution is -2.33. The normalized spacial score (nSPS) is 25.9. The van der Waals surface area contributed by atoms with Gasteiger partial charge in [0.15, 0.2) is 17.8 Å². The lowest BCUT2D eigenvalue weighted by Gasteiger charge is -2.28. The van der Waals surface area contributed by atoms with Crippen molar-refractivity contribution in [3.63, 3.8) is 0 Å². The number of fused-ring (bicyclic) bond motifs is 1. The topological polar surface area (TPSA) is 47.6 Å². The van der Waals surface area contributed by atoms with Crippen molar-refractivity contribution < 1.29 is 14.3 Å². The third-order valence-electron chi connectivity index (χ3n) is 4.01. The zero-order valence-electron chi connectivity index (χ0n) is 11.2. The van der Waals surface area contributed by atoms with Crippen molar-refractivity contribution in [2.45, 2.75) is 31.7 Å². The van der Waals surface area contributed by atoms with E-state index in [1.54, 1.807) is 0 Å². The Hall–Kier alpha value is -1.55. The van der Waals surface area contributed by atoms with E-state index in [1.807, 2.05) is 12.1 Å². The molecule has 0 radical (unpaired) electrons. The van der Waals surface area contributed by atoms with Gasteiger partial charge in [-0.25, -0.2) is 0 Å². The second-order valence-corrected chi connectivity index (χ2v) is 5.39. The Kier molecular flexibility index (Phi) is 3.19. The summed E-state index contributed by atoms with van der Waals surface area (Å²) in [6.45, 7) is 4.44. The summed E-state index contributed by atoms with van der Waals surface area (Å²) in [7, 11) is 0. The van der Waals surface area contributed by atoms with Crippen molar-refractivity contribution in [3.05, 3.63) is 23.3 Å². The summed E-state index contributed by atoms with van der Waals surface area (Å²) in [4.78, 5) is 11.2. The van der Waals surface area contributed by atoms with Gasteiger partial charge in [0.05, 0.1) is 18.8 Å². The van der Waals surface area contributed by atoms with Gasteiger partial charge in [-0.05, 0) is 32.4 Å². The summed E-state index contributed by atoms with van der Waals surface area (Å²) >= 11 is 0. The van der Waals surface area contributed by atoms with Crippen LogP contribution in [0.3, 0.4) is 0 Å². The maximum absolute atomic E-state index is 11.2. The molecule has 0 spiro atoms. The molecule has 1 fully saturated rings. The van der Waals surface area contributed by atoms with E-state index in [-0.39, 0.29) is 5.54 Å². The molecule has 3 rings (SSSR count). The Balaban J connectivity index is 2.12. The van der Waals surface area contributed by atoms with Gasteiger partial charge in [0.2, 0.25) is 0 Å². The molecule has 1 atom stereocenters. The minimum atomic E-state index is -0.0841. The highest BCUT2D eigenvalue weighted by molar-refractivity contribution is 5.82. The van der Waals surface area contributed by atoms with Crippen molar-refractivity contribution in [2.24, 2.45) is 0 Å². The molecular formula is C15H19NO3. The lowest BCUT2D eigenvalue weighted by molar-refractivity contribution is 0.111. The number of rotatable bonds is 2. The molecule has 4 nitrogen and oxygen atoms in total. The Morgan fingerprint density at radius 1 is 1.21 bits per heavy atom. The minimum absolute atomic E-state index is 0.0841. The van der Waals surface area contributed by atoms with Gasteiger partial charge in [0.25, 0.3) is 0 Å². The Labute approximate surface area is 113 Å². The molecule has 0 aliphatic carbocycles. The van der Waals surface area contributed by atoms with Crippen molar-refractivity contribution in [2.75, 3.05) is 19.8 Å². The molecule has 1 unspecified atom stereocenters. The number of hydrogen-bond donors (Lipinski definition) is 1.